The number of hydrogen-bond donors (Lipinski definition) is 1. The highest BCUT2D eigenvalue weighted by molar-refractivity contribution is 9.10. The predicted octanol–water partition coefficient (Wildman–Crippen LogP) is 5.88. The zero-order valence-electron chi connectivity index (χ0n) is 11.2. The van der Waals surface area contributed by atoms with Crippen LogP contribution in [0.5, 0.6) is 0 Å². The Morgan fingerprint density at radius 2 is 1.86 bits per heavy atom. The van der Waals surface area contributed by atoms with Crippen molar-refractivity contribution >= 4 is 39.3 Å². The van der Waals surface area contributed by atoms with E-state index in [9.17, 15) is 0 Å². The van der Waals surface area contributed by atoms with E-state index in [1.165, 1.54) is 4.90 Å². The summed E-state index contributed by atoms with van der Waals surface area (Å²) in [5.74, 6) is 0. The molecule has 1 aromatic heterocycles. The molecule has 106 valence electrons. The van der Waals surface area contributed by atoms with E-state index < -0.39 is 0 Å². The van der Waals surface area contributed by atoms with Gasteiger partial charge in [0.2, 0.25) is 0 Å². The SMILES string of the molecule is CSc1ccc(-c2[nH]nc(Cl)c2-c2cccc(Br)c2)cc1. The van der Waals surface area contributed by atoms with Gasteiger partial charge in [0, 0.05) is 20.5 Å². The molecule has 0 aliphatic heterocycles. The number of aromatic nitrogens is 2. The van der Waals surface area contributed by atoms with Gasteiger partial charge in [-0.15, -0.1) is 11.8 Å². The van der Waals surface area contributed by atoms with Crippen molar-refractivity contribution in [1.82, 2.24) is 10.2 Å². The van der Waals surface area contributed by atoms with Crippen LogP contribution in [0.2, 0.25) is 5.15 Å². The summed E-state index contributed by atoms with van der Waals surface area (Å²) in [5, 5.41) is 7.69. The fourth-order valence-electron chi connectivity index (χ4n) is 2.19. The largest absolute Gasteiger partial charge is 0.276 e. The maximum absolute atomic E-state index is 6.28. The molecule has 0 unspecified atom stereocenters. The Morgan fingerprint density at radius 3 is 2.52 bits per heavy atom. The van der Waals surface area contributed by atoms with Crippen LogP contribution in [0.15, 0.2) is 57.9 Å². The summed E-state index contributed by atoms with van der Waals surface area (Å²) in [6.45, 7) is 0. The Balaban J connectivity index is 2.12. The first kappa shape index (κ1) is 14.7. The maximum Gasteiger partial charge on any atom is 0.159 e. The van der Waals surface area contributed by atoms with Crippen molar-refractivity contribution in [1.29, 1.82) is 0 Å². The van der Waals surface area contributed by atoms with Gasteiger partial charge in [0.25, 0.3) is 0 Å². The standard InChI is InChI=1S/C16H12BrClN2S/c1-21-13-7-5-10(6-8-13)15-14(16(18)20-19-15)11-3-2-4-12(17)9-11/h2-9H,1H3,(H,19,20). The van der Waals surface area contributed by atoms with E-state index >= 15 is 0 Å². The molecule has 3 aromatic rings. The Bertz CT molecular complexity index is 768. The topological polar surface area (TPSA) is 28.7 Å². The molecule has 0 fully saturated rings. The third-order valence-electron chi connectivity index (χ3n) is 3.21. The maximum atomic E-state index is 6.28. The minimum absolute atomic E-state index is 0.483. The van der Waals surface area contributed by atoms with Crippen LogP contribution in [-0.2, 0) is 0 Å². The average molecular weight is 380 g/mol. The van der Waals surface area contributed by atoms with Gasteiger partial charge in [-0.3, -0.25) is 5.10 Å². The van der Waals surface area contributed by atoms with E-state index in [1.807, 2.05) is 24.3 Å². The van der Waals surface area contributed by atoms with Crippen LogP contribution in [0.4, 0.5) is 0 Å². The lowest BCUT2D eigenvalue weighted by Gasteiger charge is -2.06. The summed E-state index contributed by atoms with van der Waals surface area (Å²) in [7, 11) is 0. The molecule has 1 heterocycles. The molecule has 0 amide bonds. The first-order chi connectivity index (χ1) is 10.2. The minimum Gasteiger partial charge on any atom is -0.276 e. The van der Waals surface area contributed by atoms with Crippen molar-refractivity contribution in [3.63, 3.8) is 0 Å². The van der Waals surface area contributed by atoms with E-state index in [-0.39, 0.29) is 0 Å². The molecule has 0 aliphatic rings. The molecule has 2 nitrogen and oxygen atoms in total. The molecule has 0 saturated carbocycles. The first-order valence-corrected chi connectivity index (χ1v) is 8.73. The van der Waals surface area contributed by atoms with Crippen molar-refractivity contribution in [2.24, 2.45) is 0 Å². The Labute approximate surface area is 141 Å². The molecule has 0 saturated heterocycles. The summed E-state index contributed by atoms with van der Waals surface area (Å²) in [4.78, 5) is 1.23. The quantitative estimate of drug-likeness (QED) is 0.575. The van der Waals surface area contributed by atoms with Gasteiger partial charge in [0.15, 0.2) is 5.15 Å². The van der Waals surface area contributed by atoms with Crippen molar-refractivity contribution < 1.29 is 0 Å². The fourth-order valence-corrected chi connectivity index (χ4v) is 3.25. The third kappa shape index (κ3) is 3.03. The Kier molecular flexibility index (Phi) is 4.38. The highest BCUT2D eigenvalue weighted by Gasteiger charge is 2.15. The summed E-state index contributed by atoms with van der Waals surface area (Å²) < 4.78 is 1.01. The van der Waals surface area contributed by atoms with Crippen LogP contribution in [-0.4, -0.2) is 16.5 Å². The molecule has 1 N–H and O–H groups in total. The number of thioether (sulfide) groups is 1. The van der Waals surface area contributed by atoms with E-state index in [0.717, 1.165) is 26.9 Å². The number of nitrogens with one attached hydrogen (secondary N) is 1. The van der Waals surface area contributed by atoms with E-state index in [2.05, 4.69) is 56.6 Å². The second kappa shape index (κ2) is 6.26. The van der Waals surface area contributed by atoms with Gasteiger partial charge in [-0.05, 0) is 36.1 Å². The molecule has 0 radical (unpaired) electrons. The van der Waals surface area contributed by atoms with Crippen molar-refractivity contribution in [2.75, 3.05) is 6.26 Å². The van der Waals surface area contributed by atoms with Crippen molar-refractivity contribution in [3.8, 4) is 22.4 Å². The van der Waals surface area contributed by atoms with Gasteiger partial charge in [0.05, 0.1) is 5.69 Å². The van der Waals surface area contributed by atoms with Crippen LogP contribution in [0.3, 0.4) is 0 Å². The van der Waals surface area contributed by atoms with Crippen molar-refractivity contribution in [3.05, 3.63) is 58.2 Å². The molecular weight excluding hydrogens is 368 g/mol. The van der Waals surface area contributed by atoms with Gasteiger partial charge in [-0.2, -0.15) is 5.10 Å². The molecular formula is C16H12BrClN2S. The van der Waals surface area contributed by atoms with Crippen LogP contribution < -0.4 is 0 Å². The lowest BCUT2D eigenvalue weighted by atomic mass is 10.0. The normalized spacial score (nSPS) is 10.8. The zero-order chi connectivity index (χ0) is 14.8. The van der Waals surface area contributed by atoms with Gasteiger partial charge in [-0.1, -0.05) is 51.8 Å². The number of nitrogens with zero attached hydrogens (tertiary/aromatic N) is 1. The number of halogens is 2. The Hall–Kier alpha value is -1.23. The second-order valence-corrected chi connectivity index (χ2v) is 6.66. The van der Waals surface area contributed by atoms with Crippen LogP contribution >= 0.6 is 39.3 Å². The molecule has 2 aromatic carbocycles. The first-order valence-electron chi connectivity index (χ1n) is 6.33. The molecule has 0 atom stereocenters. The second-order valence-electron chi connectivity index (χ2n) is 4.50. The summed E-state index contributed by atoms with van der Waals surface area (Å²) in [6.07, 6.45) is 2.06. The van der Waals surface area contributed by atoms with E-state index in [4.69, 9.17) is 11.6 Å². The number of rotatable bonds is 3. The molecule has 0 aliphatic carbocycles. The Morgan fingerprint density at radius 1 is 1.10 bits per heavy atom. The average Bonchev–Trinajstić information content (AvgIpc) is 2.89. The molecule has 3 rings (SSSR count). The highest BCUT2D eigenvalue weighted by atomic mass is 79.9. The molecule has 0 spiro atoms. The van der Waals surface area contributed by atoms with Crippen LogP contribution in [0.1, 0.15) is 0 Å². The summed E-state index contributed by atoms with van der Waals surface area (Å²) in [6, 6.07) is 16.4. The van der Waals surface area contributed by atoms with Gasteiger partial charge >= 0.3 is 0 Å². The van der Waals surface area contributed by atoms with Gasteiger partial charge < -0.3 is 0 Å². The van der Waals surface area contributed by atoms with Crippen molar-refractivity contribution in [2.45, 2.75) is 4.90 Å². The predicted molar refractivity (Wildman–Crippen MR) is 94.0 cm³/mol. The van der Waals surface area contributed by atoms with Gasteiger partial charge in [0.1, 0.15) is 0 Å². The van der Waals surface area contributed by atoms with Crippen LogP contribution in [0, 0.1) is 0 Å². The van der Waals surface area contributed by atoms with Gasteiger partial charge in [-0.25, -0.2) is 0 Å². The molecule has 0 bridgehead atoms. The smallest absolute Gasteiger partial charge is 0.159 e. The number of benzene rings is 2. The number of H-pyrrole nitrogens is 1. The van der Waals surface area contributed by atoms with Crippen LogP contribution in [0.25, 0.3) is 22.4 Å². The summed E-state index contributed by atoms with van der Waals surface area (Å²) in [5.41, 5.74) is 3.97. The zero-order valence-corrected chi connectivity index (χ0v) is 14.4. The van der Waals surface area contributed by atoms with E-state index in [0.29, 0.717) is 5.15 Å². The molecule has 5 heteroatoms. The lowest BCUT2D eigenvalue weighted by molar-refractivity contribution is 1.09. The van der Waals surface area contributed by atoms with E-state index in [1.54, 1.807) is 11.8 Å². The minimum atomic E-state index is 0.483. The highest BCUT2D eigenvalue weighted by Crippen LogP contribution is 2.37. The fraction of sp³-hybridized carbons (Fsp3) is 0.0625. The lowest BCUT2D eigenvalue weighted by Crippen LogP contribution is -1.83. The number of hydrogen-bond acceptors (Lipinski definition) is 2. The summed E-state index contributed by atoms with van der Waals surface area (Å²) >= 11 is 11.5. The third-order valence-corrected chi connectivity index (χ3v) is 4.72. The molecule has 21 heavy (non-hydrogen) atoms. The monoisotopic (exact) mass is 378 g/mol. The number of aromatic amines is 1.